The lowest BCUT2D eigenvalue weighted by Gasteiger charge is -2.10. The third kappa shape index (κ3) is 4.82. The molecule has 0 aliphatic heterocycles. The van der Waals surface area contributed by atoms with Gasteiger partial charge in [-0.05, 0) is 30.7 Å². The number of nitrogens with one attached hydrogen (secondary N) is 1. The van der Waals surface area contributed by atoms with Gasteiger partial charge in [0.05, 0.1) is 22.6 Å². The molecule has 0 radical (unpaired) electrons. The van der Waals surface area contributed by atoms with Gasteiger partial charge < -0.3 is 14.8 Å². The van der Waals surface area contributed by atoms with Gasteiger partial charge >= 0.3 is 11.4 Å². The van der Waals surface area contributed by atoms with E-state index < -0.39 is 39.5 Å². The number of aryl methyl sites for hydroxylation is 1. The molecule has 0 atom stereocenters. The Balaban J connectivity index is 2.19. The highest BCUT2D eigenvalue weighted by Gasteiger charge is 2.28. The van der Waals surface area contributed by atoms with Gasteiger partial charge in [-0.1, -0.05) is 11.6 Å². The van der Waals surface area contributed by atoms with Gasteiger partial charge in [-0.15, -0.1) is 0 Å². The molecule has 0 saturated heterocycles. The van der Waals surface area contributed by atoms with E-state index in [9.17, 15) is 25.0 Å². The molecule has 0 bridgehead atoms. The average molecular weight is 396 g/mol. The fraction of sp³-hybridized carbons (Fsp3) is 0.188. The van der Waals surface area contributed by atoms with Crippen molar-refractivity contribution in [2.75, 3.05) is 19.0 Å². The van der Waals surface area contributed by atoms with E-state index in [1.165, 1.54) is 0 Å². The van der Waals surface area contributed by atoms with Crippen molar-refractivity contribution in [3.8, 4) is 11.5 Å². The summed E-state index contributed by atoms with van der Waals surface area (Å²) >= 11 is 5.84. The Kier molecular flexibility index (Phi) is 6.14. The van der Waals surface area contributed by atoms with Gasteiger partial charge in [-0.2, -0.15) is 0 Å². The number of ether oxygens (including phenoxy) is 2. The smallest absolute Gasteiger partial charge is 0.320 e. The number of carbonyl (C=O) groups is 1. The number of benzene rings is 2. The average Bonchev–Trinajstić information content (AvgIpc) is 2.60. The Hall–Kier alpha value is -3.40. The van der Waals surface area contributed by atoms with E-state index in [1.807, 2.05) is 0 Å². The minimum absolute atomic E-state index is 0.129. The van der Waals surface area contributed by atoms with Crippen LogP contribution >= 0.6 is 11.6 Å². The molecule has 0 aliphatic carbocycles. The van der Waals surface area contributed by atoms with E-state index in [0.29, 0.717) is 16.3 Å². The maximum Gasteiger partial charge on any atom is 0.320 e. The van der Waals surface area contributed by atoms with E-state index in [2.05, 4.69) is 5.32 Å². The third-order valence-corrected chi connectivity index (χ3v) is 3.66. The zero-order chi connectivity index (χ0) is 20.1. The number of halogens is 1. The summed E-state index contributed by atoms with van der Waals surface area (Å²) in [6.45, 7) is 1.34. The van der Waals surface area contributed by atoms with Crippen LogP contribution in [0, 0.1) is 27.2 Å². The van der Waals surface area contributed by atoms with Crippen LogP contribution in [0.2, 0.25) is 5.02 Å². The molecule has 0 aromatic heterocycles. The topological polar surface area (TPSA) is 134 Å². The SMILES string of the molecule is COc1c([N+](=O)[O-])cc(NC(=O)COc2ccc(Cl)cc2C)cc1[N+](=O)[O-]. The number of methoxy groups -OCH3 is 1. The summed E-state index contributed by atoms with van der Waals surface area (Å²) in [6, 6.07) is 6.78. The van der Waals surface area contributed by atoms with Crippen molar-refractivity contribution in [1.29, 1.82) is 0 Å². The normalized spacial score (nSPS) is 10.2. The van der Waals surface area contributed by atoms with Crippen molar-refractivity contribution in [3.63, 3.8) is 0 Å². The van der Waals surface area contributed by atoms with Gasteiger partial charge in [0.1, 0.15) is 5.75 Å². The van der Waals surface area contributed by atoms with Crippen LogP contribution in [0.1, 0.15) is 5.56 Å². The largest absolute Gasteiger partial charge is 0.485 e. The predicted molar refractivity (Wildman–Crippen MR) is 96.6 cm³/mol. The third-order valence-electron chi connectivity index (χ3n) is 3.43. The Morgan fingerprint density at radius 2 is 1.74 bits per heavy atom. The number of nitro groups is 2. The molecule has 10 nitrogen and oxygen atoms in total. The fourth-order valence-electron chi connectivity index (χ4n) is 2.27. The van der Waals surface area contributed by atoms with Crippen LogP contribution in [-0.2, 0) is 4.79 Å². The summed E-state index contributed by atoms with van der Waals surface area (Å²) in [7, 11) is 1.08. The van der Waals surface area contributed by atoms with Gasteiger partial charge in [0, 0.05) is 17.2 Å². The number of carbonyl (C=O) groups excluding carboxylic acids is 1. The van der Waals surface area contributed by atoms with Crippen molar-refractivity contribution < 1.29 is 24.1 Å². The molecule has 0 aliphatic rings. The van der Waals surface area contributed by atoms with Gasteiger partial charge in [-0.25, -0.2) is 0 Å². The van der Waals surface area contributed by atoms with E-state index in [-0.39, 0.29) is 5.69 Å². The van der Waals surface area contributed by atoms with E-state index in [1.54, 1.807) is 25.1 Å². The second kappa shape index (κ2) is 8.32. The molecule has 0 heterocycles. The minimum atomic E-state index is -0.838. The number of amides is 1. The molecule has 0 unspecified atom stereocenters. The van der Waals surface area contributed by atoms with Crippen LogP contribution in [0.25, 0.3) is 0 Å². The molecule has 2 aromatic carbocycles. The Morgan fingerprint density at radius 3 is 2.22 bits per heavy atom. The summed E-state index contributed by atoms with van der Waals surface area (Å²) in [5, 5.41) is 25.1. The second-order valence-electron chi connectivity index (χ2n) is 5.31. The van der Waals surface area contributed by atoms with E-state index >= 15 is 0 Å². The molecular formula is C16H14ClN3O7. The Morgan fingerprint density at radius 1 is 1.15 bits per heavy atom. The standard InChI is InChI=1S/C16H14ClN3O7/c1-9-5-10(17)3-4-14(9)27-8-15(21)18-11-6-12(19(22)23)16(26-2)13(7-11)20(24)25/h3-7H,8H2,1-2H3,(H,18,21). The molecule has 142 valence electrons. The van der Waals surface area contributed by atoms with Crippen LogP contribution in [0.4, 0.5) is 17.1 Å². The highest BCUT2D eigenvalue weighted by Crippen LogP contribution is 2.39. The van der Waals surface area contributed by atoms with Crippen LogP contribution in [0.5, 0.6) is 11.5 Å². The zero-order valence-corrected chi connectivity index (χ0v) is 15.0. The molecule has 27 heavy (non-hydrogen) atoms. The highest BCUT2D eigenvalue weighted by atomic mass is 35.5. The Bertz CT molecular complexity index is 882. The van der Waals surface area contributed by atoms with Gasteiger partial charge in [0.25, 0.3) is 11.7 Å². The maximum atomic E-state index is 12.0. The van der Waals surface area contributed by atoms with Crippen molar-refractivity contribution in [1.82, 2.24) is 0 Å². The van der Waals surface area contributed by atoms with Crippen LogP contribution in [0.15, 0.2) is 30.3 Å². The number of nitro benzene ring substituents is 2. The van der Waals surface area contributed by atoms with Gasteiger partial charge in [-0.3, -0.25) is 25.0 Å². The van der Waals surface area contributed by atoms with E-state index in [4.69, 9.17) is 21.1 Å². The van der Waals surface area contributed by atoms with Gasteiger partial charge in [0.2, 0.25) is 0 Å². The quantitative estimate of drug-likeness (QED) is 0.560. The molecule has 1 N–H and O–H groups in total. The lowest BCUT2D eigenvalue weighted by molar-refractivity contribution is -0.395. The van der Waals surface area contributed by atoms with Gasteiger partial charge in [0.15, 0.2) is 6.61 Å². The summed E-state index contributed by atoms with van der Waals surface area (Å²) in [6.07, 6.45) is 0. The first-order chi connectivity index (χ1) is 12.7. The summed E-state index contributed by atoms with van der Waals surface area (Å²) in [5.41, 5.74) is -0.699. The molecule has 1 amide bonds. The molecule has 2 rings (SSSR count). The zero-order valence-electron chi connectivity index (χ0n) is 14.2. The first-order valence-corrected chi connectivity index (χ1v) is 7.80. The maximum absolute atomic E-state index is 12.0. The molecule has 11 heteroatoms. The van der Waals surface area contributed by atoms with Crippen LogP contribution in [0.3, 0.4) is 0 Å². The van der Waals surface area contributed by atoms with Crippen molar-refractivity contribution in [3.05, 3.63) is 61.1 Å². The number of hydrogen-bond donors (Lipinski definition) is 1. The number of nitrogens with zero attached hydrogens (tertiary/aromatic N) is 2. The Labute approximate surface area is 157 Å². The number of hydrogen-bond acceptors (Lipinski definition) is 7. The second-order valence-corrected chi connectivity index (χ2v) is 5.75. The summed E-state index contributed by atoms with van der Waals surface area (Å²) < 4.78 is 10.1. The highest BCUT2D eigenvalue weighted by molar-refractivity contribution is 6.30. The molecule has 0 spiro atoms. The van der Waals surface area contributed by atoms with Crippen molar-refractivity contribution in [2.45, 2.75) is 6.92 Å². The lowest BCUT2D eigenvalue weighted by Crippen LogP contribution is -2.20. The van der Waals surface area contributed by atoms with Crippen molar-refractivity contribution in [2.24, 2.45) is 0 Å². The fourth-order valence-corrected chi connectivity index (χ4v) is 2.49. The predicted octanol–water partition coefficient (Wildman–Crippen LogP) is 3.49. The molecule has 0 fully saturated rings. The van der Waals surface area contributed by atoms with E-state index in [0.717, 1.165) is 19.2 Å². The monoisotopic (exact) mass is 395 g/mol. The van der Waals surface area contributed by atoms with Crippen molar-refractivity contribution >= 4 is 34.6 Å². The summed E-state index contributed by atoms with van der Waals surface area (Å²) in [5.74, 6) is -0.726. The molecule has 2 aromatic rings. The first kappa shape index (κ1) is 19.9. The van der Waals surface area contributed by atoms with Crippen LogP contribution < -0.4 is 14.8 Å². The molecule has 0 saturated carbocycles. The van der Waals surface area contributed by atoms with Crippen LogP contribution in [-0.4, -0.2) is 29.5 Å². The number of anilines is 1. The molecular weight excluding hydrogens is 382 g/mol. The lowest BCUT2D eigenvalue weighted by atomic mass is 10.2. The first-order valence-electron chi connectivity index (χ1n) is 7.42. The summed E-state index contributed by atoms with van der Waals surface area (Å²) in [4.78, 5) is 32.6. The minimum Gasteiger partial charge on any atom is -0.485 e. The number of rotatable bonds is 7.